The lowest BCUT2D eigenvalue weighted by Gasteiger charge is -2.22. The average molecular weight is 250 g/mol. The van der Waals surface area contributed by atoms with Gasteiger partial charge in [-0.3, -0.25) is 10.3 Å². The van der Waals surface area contributed by atoms with Crippen LogP contribution in [0.2, 0.25) is 0 Å². The summed E-state index contributed by atoms with van der Waals surface area (Å²) in [5, 5.41) is 3.29. The quantitative estimate of drug-likeness (QED) is 0.788. The molecule has 0 aliphatic heterocycles. The van der Waals surface area contributed by atoms with Gasteiger partial charge in [-0.2, -0.15) is 0 Å². The summed E-state index contributed by atoms with van der Waals surface area (Å²) in [6.45, 7) is 8.31. The van der Waals surface area contributed by atoms with Gasteiger partial charge in [0, 0.05) is 24.0 Å². The second-order valence-electron chi connectivity index (χ2n) is 4.39. The summed E-state index contributed by atoms with van der Waals surface area (Å²) in [6, 6.07) is 1.72. The maximum atomic E-state index is 12.0. The minimum atomic E-state index is -0.436. The number of aryl methyl sites for hydroxylation is 1. The molecule has 2 unspecified atom stereocenters. The Labute approximate surface area is 109 Å². The molecule has 2 atom stereocenters. The normalized spacial score (nSPS) is 14.0. The van der Waals surface area contributed by atoms with Gasteiger partial charge in [0.25, 0.3) is 0 Å². The lowest BCUT2D eigenvalue weighted by Crippen LogP contribution is -2.36. The number of pyridine rings is 1. The summed E-state index contributed by atoms with van der Waals surface area (Å²) in [5.74, 6) is -0.242. The smallest absolute Gasteiger partial charge is 0.327 e. The average Bonchev–Trinajstić information content (AvgIpc) is 2.37. The lowest BCUT2D eigenvalue weighted by molar-refractivity contribution is -0.146. The van der Waals surface area contributed by atoms with Gasteiger partial charge in [0.2, 0.25) is 0 Å². The van der Waals surface area contributed by atoms with Gasteiger partial charge in [0.15, 0.2) is 0 Å². The zero-order valence-electron chi connectivity index (χ0n) is 11.6. The summed E-state index contributed by atoms with van der Waals surface area (Å²) < 4.78 is 5.13. The second-order valence-corrected chi connectivity index (χ2v) is 4.39. The van der Waals surface area contributed by atoms with Crippen LogP contribution in [0.15, 0.2) is 18.5 Å². The van der Waals surface area contributed by atoms with Crippen molar-refractivity contribution in [3.8, 4) is 0 Å². The van der Waals surface area contributed by atoms with Crippen LogP contribution in [0.1, 0.15) is 44.4 Å². The number of ether oxygens (including phenoxy) is 1. The van der Waals surface area contributed by atoms with Crippen molar-refractivity contribution >= 4 is 5.97 Å². The number of esters is 1. The third kappa shape index (κ3) is 3.81. The van der Waals surface area contributed by atoms with Crippen molar-refractivity contribution in [1.29, 1.82) is 0 Å². The highest BCUT2D eigenvalue weighted by molar-refractivity contribution is 5.78. The molecule has 0 fully saturated rings. The van der Waals surface area contributed by atoms with E-state index in [-0.39, 0.29) is 12.0 Å². The molecule has 1 aromatic rings. The molecule has 4 nitrogen and oxygen atoms in total. The number of nitrogens with one attached hydrogen (secondary N) is 1. The van der Waals surface area contributed by atoms with Gasteiger partial charge >= 0.3 is 5.97 Å². The third-order valence-corrected chi connectivity index (χ3v) is 2.98. The summed E-state index contributed by atoms with van der Waals surface area (Å²) in [6.07, 6.45) is 4.41. The highest BCUT2D eigenvalue weighted by Gasteiger charge is 2.24. The number of hydrogen-bond donors (Lipinski definition) is 1. The molecule has 100 valence electrons. The SMILES string of the molecule is CCOC(=O)C(NC(C)CC)c1cnccc1C. The van der Waals surface area contributed by atoms with Crippen LogP contribution in [0.4, 0.5) is 0 Å². The molecule has 0 bridgehead atoms. The van der Waals surface area contributed by atoms with E-state index < -0.39 is 6.04 Å². The first-order valence-corrected chi connectivity index (χ1v) is 6.43. The molecular weight excluding hydrogens is 228 g/mol. The van der Waals surface area contributed by atoms with E-state index in [0.29, 0.717) is 6.61 Å². The highest BCUT2D eigenvalue weighted by atomic mass is 16.5. The Bertz CT molecular complexity index is 393. The predicted octanol–water partition coefficient (Wildman–Crippen LogP) is 2.38. The van der Waals surface area contributed by atoms with Gasteiger partial charge < -0.3 is 4.74 Å². The summed E-state index contributed by atoms with van der Waals surface area (Å²) in [7, 11) is 0. The van der Waals surface area contributed by atoms with Crippen LogP contribution in [-0.2, 0) is 9.53 Å². The van der Waals surface area contributed by atoms with Crippen molar-refractivity contribution in [3.63, 3.8) is 0 Å². The second kappa shape index (κ2) is 7.11. The zero-order chi connectivity index (χ0) is 13.5. The molecule has 0 spiro atoms. The number of rotatable bonds is 6. The van der Waals surface area contributed by atoms with E-state index in [4.69, 9.17) is 4.74 Å². The Balaban J connectivity index is 2.96. The van der Waals surface area contributed by atoms with Gasteiger partial charge in [-0.25, -0.2) is 4.79 Å². The van der Waals surface area contributed by atoms with Crippen molar-refractivity contribution in [2.45, 2.75) is 46.2 Å². The fourth-order valence-corrected chi connectivity index (χ4v) is 1.69. The summed E-state index contributed by atoms with van der Waals surface area (Å²) in [5.41, 5.74) is 1.93. The Morgan fingerprint density at radius 3 is 2.78 bits per heavy atom. The van der Waals surface area contributed by atoms with Gasteiger partial charge in [-0.05, 0) is 38.8 Å². The molecule has 18 heavy (non-hydrogen) atoms. The Hall–Kier alpha value is -1.42. The molecule has 4 heteroatoms. The zero-order valence-corrected chi connectivity index (χ0v) is 11.6. The first kappa shape index (κ1) is 14.6. The Kier molecular flexibility index (Phi) is 5.78. The van der Waals surface area contributed by atoms with Crippen LogP contribution < -0.4 is 5.32 Å². The Morgan fingerprint density at radius 2 is 2.22 bits per heavy atom. The molecule has 1 heterocycles. The molecular formula is C14H22N2O2. The molecule has 0 radical (unpaired) electrons. The fraction of sp³-hybridized carbons (Fsp3) is 0.571. The van der Waals surface area contributed by atoms with E-state index in [1.807, 2.05) is 19.9 Å². The van der Waals surface area contributed by atoms with Crippen LogP contribution in [0, 0.1) is 6.92 Å². The number of nitrogens with zero attached hydrogens (tertiary/aromatic N) is 1. The van der Waals surface area contributed by atoms with Crippen molar-refractivity contribution < 1.29 is 9.53 Å². The van der Waals surface area contributed by atoms with E-state index in [1.165, 1.54) is 0 Å². The van der Waals surface area contributed by atoms with Crippen LogP contribution in [0.5, 0.6) is 0 Å². The molecule has 0 aromatic carbocycles. The summed E-state index contributed by atoms with van der Waals surface area (Å²) in [4.78, 5) is 16.1. The molecule has 0 saturated heterocycles. The van der Waals surface area contributed by atoms with Crippen molar-refractivity contribution in [2.24, 2.45) is 0 Å². The van der Waals surface area contributed by atoms with Crippen LogP contribution in [0.25, 0.3) is 0 Å². The summed E-state index contributed by atoms with van der Waals surface area (Å²) >= 11 is 0. The Morgan fingerprint density at radius 1 is 1.50 bits per heavy atom. The number of hydrogen-bond acceptors (Lipinski definition) is 4. The van der Waals surface area contributed by atoms with E-state index in [2.05, 4.69) is 24.1 Å². The van der Waals surface area contributed by atoms with Gasteiger partial charge in [-0.1, -0.05) is 6.92 Å². The number of carbonyl (C=O) groups excluding carboxylic acids is 1. The monoisotopic (exact) mass is 250 g/mol. The topological polar surface area (TPSA) is 51.2 Å². The van der Waals surface area contributed by atoms with E-state index >= 15 is 0 Å². The number of aromatic nitrogens is 1. The third-order valence-electron chi connectivity index (χ3n) is 2.98. The maximum Gasteiger partial charge on any atom is 0.327 e. The van der Waals surface area contributed by atoms with E-state index in [9.17, 15) is 4.79 Å². The minimum Gasteiger partial charge on any atom is -0.465 e. The lowest BCUT2D eigenvalue weighted by atomic mass is 10.0. The van der Waals surface area contributed by atoms with E-state index in [1.54, 1.807) is 12.4 Å². The van der Waals surface area contributed by atoms with E-state index in [0.717, 1.165) is 17.5 Å². The van der Waals surface area contributed by atoms with Crippen molar-refractivity contribution in [2.75, 3.05) is 6.61 Å². The number of carbonyl (C=O) groups is 1. The van der Waals surface area contributed by atoms with Gasteiger partial charge in [-0.15, -0.1) is 0 Å². The standard InChI is InChI=1S/C14H22N2O2/c1-5-11(4)16-13(14(17)18-6-2)12-9-15-8-7-10(12)3/h7-9,11,13,16H,5-6H2,1-4H3. The molecule has 0 aliphatic carbocycles. The molecule has 0 aliphatic rings. The molecule has 0 saturated carbocycles. The largest absolute Gasteiger partial charge is 0.465 e. The molecule has 1 rings (SSSR count). The first-order chi connectivity index (χ1) is 8.60. The van der Waals surface area contributed by atoms with Crippen molar-refractivity contribution in [1.82, 2.24) is 10.3 Å². The predicted molar refractivity (Wildman–Crippen MR) is 71.2 cm³/mol. The molecule has 1 aromatic heterocycles. The van der Waals surface area contributed by atoms with Gasteiger partial charge in [0.1, 0.15) is 6.04 Å². The van der Waals surface area contributed by atoms with Crippen molar-refractivity contribution in [3.05, 3.63) is 29.6 Å². The maximum absolute atomic E-state index is 12.0. The molecule has 0 amide bonds. The van der Waals surface area contributed by atoms with Crippen LogP contribution >= 0.6 is 0 Å². The van der Waals surface area contributed by atoms with Crippen LogP contribution in [-0.4, -0.2) is 23.6 Å². The highest BCUT2D eigenvalue weighted by Crippen LogP contribution is 2.19. The van der Waals surface area contributed by atoms with Crippen LogP contribution in [0.3, 0.4) is 0 Å². The minimum absolute atomic E-state index is 0.242. The molecule has 1 N–H and O–H groups in total. The first-order valence-electron chi connectivity index (χ1n) is 6.43. The fourth-order valence-electron chi connectivity index (χ4n) is 1.69. The van der Waals surface area contributed by atoms with Gasteiger partial charge in [0.05, 0.1) is 6.61 Å².